The molecule has 0 spiro atoms. The third kappa shape index (κ3) is 4.62. The number of nitrogens with zero attached hydrogens (tertiary/aromatic N) is 1. The second kappa shape index (κ2) is 9.65. The Balaban J connectivity index is 1.63. The van der Waals surface area contributed by atoms with Crippen LogP contribution in [0.3, 0.4) is 0 Å². The molecule has 1 aliphatic heterocycles. The summed E-state index contributed by atoms with van der Waals surface area (Å²) in [4.78, 5) is 28.0. The van der Waals surface area contributed by atoms with E-state index in [-0.39, 0.29) is 18.2 Å². The molecule has 0 aliphatic carbocycles. The Morgan fingerprint density at radius 3 is 2.33 bits per heavy atom. The molecule has 1 atom stereocenters. The monoisotopic (exact) mass is 446 g/mol. The summed E-state index contributed by atoms with van der Waals surface area (Å²) in [6, 6.07) is 19.6. The fraction of sp³-hybridized carbons (Fsp3) is 0.231. The van der Waals surface area contributed by atoms with Crippen LogP contribution in [0.1, 0.15) is 33.9 Å². The average molecular weight is 447 g/mol. The Labute approximate surface area is 192 Å². The third-order valence-corrected chi connectivity index (χ3v) is 5.77. The van der Waals surface area contributed by atoms with Gasteiger partial charge in [0.05, 0.1) is 33.8 Å². The lowest BCUT2D eigenvalue weighted by Crippen LogP contribution is -2.32. The maximum atomic E-state index is 13.2. The van der Waals surface area contributed by atoms with Crippen molar-refractivity contribution >= 4 is 17.5 Å². The normalized spacial score (nSPS) is 13.3. The molecule has 0 bridgehead atoms. The minimum atomic E-state index is -0.483. The van der Waals surface area contributed by atoms with Gasteiger partial charge in [-0.05, 0) is 53.6 Å². The van der Waals surface area contributed by atoms with Crippen molar-refractivity contribution in [3.05, 3.63) is 83.4 Å². The van der Waals surface area contributed by atoms with E-state index in [0.29, 0.717) is 35.0 Å². The van der Waals surface area contributed by atoms with Crippen LogP contribution in [-0.2, 0) is 11.3 Å². The van der Waals surface area contributed by atoms with Crippen LogP contribution in [0, 0.1) is 0 Å². The molecule has 4 rings (SSSR count). The van der Waals surface area contributed by atoms with Gasteiger partial charge in [-0.15, -0.1) is 0 Å². The average Bonchev–Trinajstić information content (AvgIpc) is 3.18. The van der Waals surface area contributed by atoms with Crippen molar-refractivity contribution < 1.29 is 23.8 Å². The number of carbonyl (C=O) groups is 2. The van der Waals surface area contributed by atoms with Gasteiger partial charge in [0.1, 0.15) is 5.75 Å². The Morgan fingerprint density at radius 1 is 0.939 bits per heavy atom. The standard InChI is InChI=1S/C26H26N2O5/c1-31-20-11-9-19(10-12-20)27-25(29)15-22(17-8-13-23(32-2)24(14-17)33-3)28-16-18-6-4-5-7-21(18)26(28)30/h4-14,22H,15-16H2,1-3H3,(H,27,29)/t22-/m1/s1. The summed E-state index contributed by atoms with van der Waals surface area (Å²) >= 11 is 0. The third-order valence-electron chi connectivity index (χ3n) is 5.77. The number of methoxy groups -OCH3 is 3. The zero-order valence-electron chi connectivity index (χ0n) is 18.8. The highest BCUT2D eigenvalue weighted by Crippen LogP contribution is 2.37. The molecule has 7 heteroatoms. The van der Waals surface area contributed by atoms with Gasteiger partial charge in [0, 0.05) is 17.8 Å². The number of hydrogen-bond acceptors (Lipinski definition) is 5. The fourth-order valence-corrected chi connectivity index (χ4v) is 4.06. The highest BCUT2D eigenvalue weighted by molar-refractivity contribution is 5.99. The van der Waals surface area contributed by atoms with E-state index >= 15 is 0 Å². The number of amides is 2. The quantitative estimate of drug-likeness (QED) is 0.554. The SMILES string of the molecule is COc1ccc(NC(=O)C[C@H](c2ccc(OC)c(OC)c2)N2Cc3ccccc3C2=O)cc1. The number of nitrogens with one attached hydrogen (secondary N) is 1. The van der Waals surface area contributed by atoms with E-state index in [2.05, 4.69) is 5.32 Å². The van der Waals surface area contributed by atoms with E-state index in [0.717, 1.165) is 11.1 Å². The predicted molar refractivity (Wildman–Crippen MR) is 125 cm³/mol. The first-order chi connectivity index (χ1) is 16.0. The first-order valence-electron chi connectivity index (χ1n) is 10.6. The van der Waals surface area contributed by atoms with Crippen molar-refractivity contribution in [3.63, 3.8) is 0 Å². The summed E-state index contributed by atoms with van der Waals surface area (Å²) in [5.41, 5.74) is 3.06. The molecule has 0 aromatic heterocycles. The largest absolute Gasteiger partial charge is 0.497 e. The van der Waals surface area contributed by atoms with Gasteiger partial charge in [-0.2, -0.15) is 0 Å². The number of benzene rings is 3. The second-order valence-electron chi connectivity index (χ2n) is 7.70. The van der Waals surface area contributed by atoms with E-state index < -0.39 is 6.04 Å². The molecule has 33 heavy (non-hydrogen) atoms. The summed E-state index contributed by atoms with van der Waals surface area (Å²) in [6.45, 7) is 0.434. The molecule has 170 valence electrons. The highest BCUT2D eigenvalue weighted by Gasteiger charge is 2.34. The summed E-state index contributed by atoms with van der Waals surface area (Å²) < 4.78 is 16.0. The number of hydrogen-bond donors (Lipinski definition) is 1. The topological polar surface area (TPSA) is 77.1 Å². The van der Waals surface area contributed by atoms with Gasteiger partial charge in [-0.3, -0.25) is 9.59 Å². The van der Waals surface area contributed by atoms with Crippen molar-refractivity contribution in [3.8, 4) is 17.2 Å². The van der Waals surface area contributed by atoms with Gasteiger partial charge >= 0.3 is 0 Å². The minimum absolute atomic E-state index is 0.0846. The first kappa shape index (κ1) is 22.2. The van der Waals surface area contributed by atoms with Crippen LogP contribution in [0.25, 0.3) is 0 Å². The molecule has 1 aliphatic rings. The molecule has 0 unspecified atom stereocenters. The molecule has 3 aromatic rings. The highest BCUT2D eigenvalue weighted by atomic mass is 16.5. The number of anilines is 1. The molecular weight excluding hydrogens is 420 g/mol. The second-order valence-corrected chi connectivity index (χ2v) is 7.70. The molecule has 0 saturated heterocycles. The number of ether oxygens (including phenoxy) is 3. The van der Waals surface area contributed by atoms with Gasteiger partial charge in [0.25, 0.3) is 5.91 Å². The molecule has 7 nitrogen and oxygen atoms in total. The summed E-state index contributed by atoms with van der Waals surface area (Å²) in [5, 5.41) is 2.92. The van der Waals surface area contributed by atoms with Crippen molar-refractivity contribution in [2.45, 2.75) is 19.0 Å². The lowest BCUT2D eigenvalue weighted by Gasteiger charge is -2.28. The maximum absolute atomic E-state index is 13.2. The van der Waals surface area contributed by atoms with E-state index in [1.54, 1.807) is 56.6 Å². The number of fused-ring (bicyclic) bond motifs is 1. The van der Waals surface area contributed by atoms with Crippen molar-refractivity contribution in [1.29, 1.82) is 0 Å². The molecular formula is C26H26N2O5. The van der Waals surface area contributed by atoms with Crippen molar-refractivity contribution in [1.82, 2.24) is 4.90 Å². The predicted octanol–water partition coefficient (Wildman–Crippen LogP) is 4.44. The number of carbonyl (C=O) groups excluding carboxylic acids is 2. The van der Waals surface area contributed by atoms with Crippen LogP contribution in [-0.4, -0.2) is 38.0 Å². The smallest absolute Gasteiger partial charge is 0.255 e. The summed E-state index contributed by atoms with van der Waals surface area (Å²) in [6.07, 6.45) is 0.0846. The van der Waals surface area contributed by atoms with Crippen LogP contribution >= 0.6 is 0 Å². The van der Waals surface area contributed by atoms with E-state index in [1.807, 2.05) is 36.4 Å². The molecule has 1 N–H and O–H groups in total. The zero-order chi connectivity index (χ0) is 23.4. The summed E-state index contributed by atoms with van der Waals surface area (Å²) in [5.74, 6) is 1.53. The van der Waals surface area contributed by atoms with Crippen molar-refractivity contribution in [2.75, 3.05) is 26.6 Å². The summed E-state index contributed by atoms with van der Waals surface area (Å²) in [7, 11) is 4.72. The maximum Gasteiger partial charge on any atom is 0.255 e. The first-order valence-corrected chi connectivity index (χ1v) is 10.6. The lowest BCUT2D eigenvalue weighted by molar-refractivity contribution is -0.117. The molecule has 2 amide bonds. The van der Waals surface area contributed by atoms with Crippen molar-refractivity contribution in [2.24, 2.45) is 0 Å². The van der Waals surface area contributed by atoms with Crippen LogP contribution in [0.4, 0.5) is 5.69 Å². The Kier molecular flexibility index (Phi) is 6.49. The lowest BCUT2D eigenvalue weighted by atomic mass is 10.0. The molecule has 3 aromatic carbocycles. The van der Waals surface area contributed by atoms with Crippen LogP contribution in [0.15, 0.2) is 66.7 Å². The molecule has 1 heterocycles. The van der Waals surface area contributed by atoms with Gasteiger partial charge in [-0.25, -0.2) is 0 Å². The van der Waals surface area contributed by atoms with Gasteiger partial charge < -0.3 is 24.4 Å². The van der Waals surface area contributed by atoms with Crippen LogP contribution in [0.5, 0.6) is 17.2 Å². The Hall–Kier alpha value is -4.00. The van der Waals surface area contributed by atoms with Crippen LogP contribution in [0.2, 0.25) is 0 Å². The fourth-order valence-electron chi connectivity index (χ4n) is 4.06. The minimum Gasteiger partial charge on any atom is -0.497 e. The number of rotatable bonds is 8. The van der Waals surface area contributed by atoms with E-state index in [9.17, 15) is 9.59 Å². The molecule has 0 fully saturated rings. The van der Waals surface area contributed by atoms with Gasteiger partial charge in [0.15, 0.2) is 11.5 Å². The zero-order valence-corrected chi connectivity index (χ0v) is 18.8. The molecule has 0 saturated carbocycles. The van der Waals surface area contributed by atoms with E-state index in [1.165, 1.54) is 0 Å². The van der Waals surface area contributed by atoms with E-state index in [4.69, 9.17) is 14.2 Å². The van der Waals surface area contributed by atoms with Gasteiger partial charge in [-0.1, -0.05) is 24.3 Å². The molecule has 0 radical (unpaired) electrons. The van der Waals surface area contributed by atoms with Gasteiger partial charge in [0.2, 0.25) is 5.91 Å². The Bertz CT molecular complexity index is 1160. The van der Waals surface area contributed by atoms with Crippen LogP contribution < -0.4 is 19.5 Å². The Morgan fingerprint density at radius 2 is 1.67 bits per heavy atom.